The summed E-state index contributed by atoms with van der Waals surface area (Å²) < 4.78 is 20.3. The fourth-order valence-corrected chi connectivity index (χ4v) is 5.40. The zero-order valence-corrected chi connectivity index (χ0v) is 11.6. The first-order chi connectivity index (χ1) is 6.75. The van der Waals surface area contributed by atoms with Crippen molar-refractivity contribution in [2.24, 2.45) is 16.1 Å². The molecule has 1 unspecified atom stereocenters. The molecule has 86 valence electrons. The molecule has 0 amide bonds. The van der Waals surface area contributed by atoms with Crippen LogP contribution >= 0.6 is 34.8 Å². The lowest BCUT2D eigenvalue weighted by molar-refractivity contribution is 0.628. The summed E-state index contributed by atoms with van der Waals surface area (Å²) in [6.45, 7) is 3.62. The Morgan fingerprint density at radius 1 is 1.27 bits per heavy atom. The quantitative estimate of drug-likeness (QED) is 0.697. The summed E-state index contributed by atoms with van der Waals surface area (Å²) in [6.07, 6.45) is 0. The van der Waals surface area contributed by atoms with Crippen LogP contribution in [0.2, 0.25) is 0 Å². The fraction of sp³-hybridized carbons (Fsp3) is 0.667. The molecule has 0 aromatic heterocycles. The van der Waals surface area contributed by atoms with Gasteiger partial charge in [0.15, 0.2) is 5.04 Å². The van der Waals surface area contributed by atoms with Gasteiger partial charge < -0.3 is 0 Å². The van der Waals surface area contributed by atoms with Crippen LogP contribution < -0.4 is 0 Å². The van der Waals surface area contributed by atoms with Crippen molar-refractivity contribution in [1.82, 2.24) is 0 Å². The van der Waals surface area contributed by atoms with Crippen LogP contribution in [0.3, 0.4) is 0 Å². The van der Waals surface area contributed by atoms with Gasteiger partial charge in [0.2, 0.25) is 3.79 Å². The molecule has 0 spiro atoms. The third kappa shape index (κ3) is 2.94. The van der Waals surface area contributed by atoms with Crippen molar-refractivity contribution < 1.29 is 8.42 Å². The Balaban J connectivity index is 3.31. The lowest BCUT2D eigenvalue weighted by Gasteiger charge is -2.11. The lowest BCUT2D eigenvalue weighted by Crippen LogP contribution is -2.27. The fourth-order valence-electron chi connectivity index (χ4n) is 0.893. The topological polar surface area (TPSA) is 58.9 Å². The molecule has 4 nitrogen and oxygen atoms in total. The molecule has 9 heteroatoms. The molecule has 0 bridgehead atoms. The molecule has 1 atom stereocenters. The largest absolute Gasteiger partial charge is 0.252 e. The van der Waals surface area contributed by atoms with E-state index in [-0.39, 0.29) is 11.0 Å². The van der Waals surface area contributed by atoms with Crippen molar-refractivity contribution in [3.05, 3.63) is 0 Å². The van der Waals surface area contributed by atoms with Crippen LogP contribution in [0.25, 0.3) is 0 Å². The second-order valence-electron chi connectivity index (χ2n) is 2.97. The summed E-state index contributed by atoms with van der Waals surface area (Å²) in [5.41, 5.74) is 0. The van der Waals surface area contributed by atoms with E-state index in [1.807, 2.05) is 13.8 Å². The van der Waals surface area contributed by atoms with E-state index in [1.165, 1.54) is 0 Å². The monoisotopic (exact) mass is 308 g/mol. The average molecular weight is 310 g/mol. The first kappa shape index (κ1) is 13.4. The number of alkyl halides is 3. The molecule has 1 aliphatic heterocycles. The maximum Gasteiger partial charge on any atom is 0.252 e. The zero-order chi connectivity index (χ0) is 11.8. The molecule has 0 fully saturated rings. The summed E-state index contributed by atoms with van der Waals surface area (Å²) in [5.74, 6) is -0.0557. The molecule has 0 N–H and O–H groups in total. The Bertz CT molecular complexity index is 465. The maximum absolute atomic E-state index is 11.0. The number of hydrogen-bond donors (Lipinski definition) is 0. The molecule has 0 saturated carbocycles. The highest BCUT2D eigenvalue weighted by Crippen LogP contribution is 2.33. The van der Waals surface area contributed by atoms with Gasteiger partial charge in [0.25, 0.3) is 9.26 Å². The van der Waals surface area contributed by atoms with E-state index in [0.29, 0.717) is 5.04 Å². The number of hydrogen-bond acceptors (Lipinski definition) is 4. The van der Waals surface area contributed by atoms with Crippen LogP contribution in [-0.2, 0) is 18.7 Å². The van der Waals surface area contributed by atoms with E-state index < -0.39 is 22.5 Å². The van der Waals surface area contributed by atoms with Crippen molar-refractivity contribution in [3.8, 4) is 0 Å². The molecule has 0 radical (unpaired) electrons. The van der Waals surface area contributed by atoms with E-state index in [4.69, 9.17) is 34.8 Å². The standard InChI is InChI=1S/C6H7Cl3N2O2S2/c1-3(2)4-10-11-5(6(7,8)9)14(4)15(12)13/h3H,1-2H3. The maximum atomic E-state index is 11.0. The van der Waals surface area contributed by atoms with Crippen LogP contribution in [0.15, 0.2) is 10.2 Å². The normalized spacial score (nSPS) is 21.6. The molecule has 15 heavy (non-hydrogen) atoms. The minimum absolute atomic E-state index is 0.0375. The third-order valence-electron chi connectivity index (χ3n) is 1.48. The van der Waals surface area contributed by atoms with Crippen molar-refractivity contribution in [1.29, 1.82) is 0 Å². The number of halogens is 3. The summed E-state index contributed by atoms with van der Waals surface area (Å²) in [7, 11) is -3.74. The van der Waals surface area contributed by atoms with E-state index >= 15 is 0 Å². The van der Waals surface area contributed by atoms with Crippen LogP contribution in [0.5, 0.6) is 0 Å². The Morgan fingerprint density at radius 2 is 1.80 bits per heavy atom. The van der Waals surface area contributed by atoms with Gasteiger partial charge in [-0.2, -0.15) is 8.42 Å². The van der Waals surface area contributed by atoms with Crippen LogP contribution in [0.4, 0.5) is 0 Å². The van der Waals surface area contributed by atoms with Crippen molar-refractivity contribution >= 4 is 63.6 Å². The molecule has 1 aliphatic rings. The van der Waals surface area contributed by atoms with Gasteiger partial charge in [-0.15, -0.1) is 10.2 Å². The summed E-state index contributed by atoms with van der Waals surface area (Å²) in [5, 5.41) is 7.78. The summed E-state index contributed by atoms with van der Waals surface area (Å²) >= 11 is 16.8. The molecule has 1 rings (SSSR count). The number of rotatable bonds is 1. The molecule has 0 aromatic carbocycles. The van der Waals surface area contributed by atoms with Crippen LogP contribution in [0, 0.1) is 5.92 Å². The van der Waals surface area contributed by atoms with E-state index in [9.17, 15) is 8.42 Å². The highest BCUT2D eigenvalue weighted by atomic mass is 35.6. The van der Waals surface area contributed by atoms with Crippen LogP contribution in [-0.4, -0.2) is 22.3 Å². The lowest BCUT2D eigenvalue weighted by atomic mass is 10.2. The van der Waals surface area contributed by atoms with Gasteiger partial charge in [0, 0.05) is 15.4 Å². The molecular formula is C6H7Cl3N2O2S2. The highest BCUT2D eigenvalue weighted by molar-refractivity contribution is 8.49. The smallest absolute Gasteiger partial charge is 0.177 e. The Labute approximate surface area is 105 Å². The van der Waals surface area contributed by atoms with Crippen LogP contribution in [0.1, 0.15) is 13.8 Å². The predicted octanol–water partition coefficient (Wildman–Crippen LogP) is 2.15. The summed E-state index contributed by atoms with van der Waals surface area (Å²) in [6, 6.07) is 0. The molecular weight excluding hydrogens is 303 g/mol. The van der Waals surface area contributed by atoms with Gasteiger partial charge in [-0.05, 0) is 0 Å². The first-order valence-electron chi connectivity index (χ1n) is 3.82. The van der Waals surface area contributed by atoms with Crippen molar-refractivity contribution in [3.63, 3.8) is 0 Å². The highest BCUT2D eigenvalue weighted by Gasteiger charge is 2.38. The SMILES string of the molecule is CC(C)C1=NN=C(C(Cl)(Cl)Cl)S1=S(=O)=O. The Hall–Kier alpha value is 0.380. The van der Waals surface area contributed by atoms with Gasteiger partial charge in [-0.25, -0.2) is 0 Å². The Morgan fingerprint density at radius 3 is 2.13 bits per heavy atom. The minimum atomic E-state index is -2.41. The zero-order valence-electron chi connectivity index (χ0n) is 7.74. The third-order valence-corrected chi connectivity index (χ3v) is 6.10. The van der Waals surface area contributed by atoms with E-state index in [2.05, 4.69) is 10.2 Å². The van der Waals surface area contributed by atoms with Gasteiger partial charge in [0.1, 0.15) is 5.04 Å². The van der Waals surface area contributed by atoms with Crippen molar-refractivity contribution in [2.45, 2.75) is 17.6 Å². The second kappa shape index (κ2) is 4.71. The molecule has 0 saturated heterocycles. The second-order valence-corrected chi connectivity index (χ2v) is 8.82. The Kier molecular flexibility index (Phi) is 4.22. The first-order valence-corrected chi connectivity index (χ1v) is 7.77. The molecule has 0 aromatic rings. The average Bonchev–Trinajstić information content (AvgIpc) is 2.45. The van der Waals surface area contributed by atoms with Gasteiger partial charge >= 0.3 is 0 Å². The van der Waals surface area contributed by atoms with Gasteiger partial charge in [-0.1, -0.05) is 48.7 Å². The van der Waals surface area contributed by atoms with Crippen molar-refractivity contribution in [2.75, 3.05) is 0 Å². The van der Waals surface area contributed by atoms with Gasteiger partial charge in [0.05, 0.1) is 0 Å². The van der Waals surface area contributed by atoms with E-state index in [0.717, 1.165) is 0 Å². The molecule has 1 heterocycles. The van der Waals surface area contributed by atoms with E-state index in [1.54, 1.807) is 0 Å². The minimum Gasteiger partial charge on any atom is -0.177 e. The summed E-state index contributed by atoms with van der Waals surface area (Å²) in [4.78, 5) is 0. The number of nitrogens with zero attached hydrogens (tertiary/aromatic N) is 2. The van der Waals surface area contributed by atoms with Gasteiger partial charge in [-0.3, -0.25) is 0 Å². The predicted molar refractivity (Wildman–Crippen MR) is 66.3 cm³/mol. The molecule has 0 aliphatic carbocycles.